The molecular weight excluding hydrogens is 460 g/mol. The second kappa shape index (κ2) is 14.4. The van der Waals surface area contributed by atoms with Crippen molar-refractivity contribution in [3.05, 3.63) is 71.8 Å². The predicted octanol–water partition coefficient (Wildman–Crippen LogP) is 3.83. The van der Waals surface area contributed by atoms with Crippen molar-refractivity contribution in [3.8, 4) is 0 Å². The normalized spacial score (nSPS) is 12.9. The van der Waals surface area contributed by atoms with E-state index in [0.717, 1.165) is 16.2 Å². The molecule has 196 valence electrons. The third-order valence-electron chi connectivity index (χ3n) is 5.13. The Hall–Kier alpha value is -3.23. The largest absolute Gasteiger partial charge is 0.465 e. The van der Waals surface area contributed by atoms with Gasteiger partial charge in [-0.25, -0.2) is 5.06 Å². The maximum absolute atomic E-state index is 13.3. The number of hydrogen-bond acceptors (Lipinski definition) is 7. The molecule has 2 rings (SSSR count). The number of rotatable bonds is 13. The number of hydrogen-bond donors (Lipinski definition) is 1. The van der Waals surface area contributed by atoms with Crippen LogP contribution in [0.3, 0.4) is 0 Å². The van der Waals surface area contributed by atoms with Gasteiger partial charge in [-0.2, -0.15) is 0 Å². The topological polar surface area (TPSA) is 94.2 Å². The molecule has 0 aliphatic carbocycles. The van der Waals surface area contributed by atoms with Crippen molar-refractivity contribution in [2.45, 2.75) is 71.8 Å². The Morgan fingerprint density at radius 2 is 1.53 bits per heavy atom. The van der Waals surface area contributed by atoms with E-state index in [4.69, 9.17) is 14.3 Å². The van der Waals surface area contributed by atoms with Gasteiger partial charge >= 0.3 is 11.9 Å². The average Bonchev–Trinajstić information content (AvgIpc) is 2.84. The molecule has 0 bridgehead atoms. The molecule has 2 atom stereocenters. The first-order chi connectivity index (χ1) is 17.1. The summed E-state index contributed by atoms with van der Waals surface area (Å²) >= 11 is 0. The van der Waals surface area contributed by atoms with Crippen LogP contribution in [0.1, 0.15) is 52.2 Å². The van der Waals surface area contributed by atoms with Crippen molar-refractivity contribution >= 4 is 17.8 Å². The number of hydroxylamine groups is 2. The summed E-state index contributed by atoms with van der Waals surface area (Å²) in [5.41, 5.74) is 1.21. The Bertz CT molecular complexity index is 959. The van der Waals surface area contributed by atoms with Crippen LogP contribution >= 0.6 is 0 Å². The van der Waals surface area contributed by atoms with Crippen molar-refractivity contribution in [2.75, 3.05) is 13.2 Å². The van der Waals surface area contributed by atoms with Crippen LogP contribution in [-0.4, -0.2) is 53.7 Å². The van der Waals surface area contributed by atoms with Crippen LogP contribution in [0.5, 0.6) is 0 Å². The zero-order valence-electron chi connectivity index (χ0n) is 21.9. The second-order valence-electron chi connectivity index (χ2n) is 9.44. The van der Waals surface area contributed by atoms with Crippen LogP contribution in [0.2, 0.25) is 0 Å². The van der Waals surface area contributed by atoms with Crippen LogP contribution < -0.4 is 5.32 Å². The highest BCUT2D eigenvalue weighted by atomic mass is 16.7. The third-order valence-corrected chi connectivity index (χ3v) is 5.13. The summed E-state index contributed by atoms with van der Waals surface area (Å²) in [6.07, 6.45) is 1.07. The monoisotopic (exact) mass is 498 g/mol. The van der Waals surface area contributed by atoms with E-state index in [0.29, 0.717) is 12.8 Å². The Morgan fingerprint density at radius 1 is 0.944 bits per heavy atom. The molecule has 2 aromatic carbocycles. The fourth-order valence-electron chi connectivity index (χ4n) is 3.46. The summed E-state index contributed by atoms with van der Waals surface area (Å²) < 4.78 is 10.6. The van der Waals surface area contributed by atoms with E-state index in [-0.39, 0.29) is 19.8 Å². The van der Waals surface area contributed by atoms with Crippen molar-refractivity contribution in [3.63, 3.8) is 0 Å². The van der Waals surface area contributed by atoms with Crippen LogP contribution in [-0.2, 0) is 41.7 Å². The van der Waals surface area contributed by atoms with Gasteiger partial charge in [0.1, 0.15) is 24.8 Å². The van der Waals surface area contributed by atoms with Crippen molar-refractivity contribution in [1.29, 1.82) is 0 Å². The van der Waals surface area contributed by atoms with E-state index in [1.807, 2.05) is 60.7 Å². The van der Waals surface area contributed by atoms with Gasteiger partial charge in [0, 0.05) is 0 Å². The van der Waals surface area contributed by atoms with E-state index in [2.05, 4.69) is 5.32 Å². The first kappa shape index (κ1) is 29.0. The number of carbonyl (C=O) groups excluding carboxylic acids is 3. The molecule has 0 radical (unpaired) electrons. The molecule has 0 saturated heterocycles. The molecule has 0 saturated carbocycles. The van der Waals surface area contributed by atoms with Crippen molar-refractivity contribution < 1.29 is 28.7 Å². The van der Waals surface area contributed by atoms with Gasteiger partial charge in [-0.05, 0) is 58.6 Å². The summed E-state index contributed by atoms with van der Waals surface area (Å²) in [5, 5.41) is 4.07. The van der Waals surface area contributed by atoms with Gasteiger partial charge in [0.15, 0.2) is 0 Å². The Balaban J connectivity index is 2.11. The number of carbonyl (C=O) groups is 3. The smallest absolute Gasteiger partial charge is 0.328 e. The molecule has 1 N–H and O–H groups in total. The Kier molecular flexibility index (Phi) is 11.6. The van der Waals surface area contributed by atoms with Crippen LogP contribution in [0.4, 0.5) is 0 Å². The highest BCUT2D eigenvalue weighted by molar-refractivity contribution is 5.85. The van der Waals surface area contributed by atoms with Gasteiger partial charge < -0.3 is 9.47 Å². The summed E-state index contributed by atoms with van der Waals surface area (Å²) in [5.74, 6) is -1.52. The quantitative estimate of drug-likeness (QED) is 0.331. The lowest BCUT2D eigenvalue weighted by molar-refractivity contribution is -0.203. The summed E-state index contributed by atoms with van der Waals surface area (Å²) in [4.78, 5) is 44.2. The van der Waals surface area contributed by atoms with Gasteiger partial charge in [-0.3, -0.25) is 24.5 Å². The number of benzene rings is 2. The van der Waals surface area contributed by atoms with E-state index < -0.39 is 35.5 Å². The number of nitrogens with one attached hydrogen (secondary N) is 1. The average molecular weight is 499 g/mol. The number of esters is 2. The number of nitrogens with zero attached hydrogens (tertiary/aromatic N) is 1. The molecule has 36 heavy (non-hydrogen) atoms. The fourth-order valence-corrected chi connectivity index (χ4v) is 3.46. The first-order valence-corrected chi connectivity index (χ1v) is 12.3. The molecule has 0 aromatic heterocycles. The molecular formula is C28H38N2O6. The summed E-state index contributed by atoms with van der Waals surface area (Å²) in [6.45, 7) is 8.57. The molecule has 8 heteroatoms. The van der Waals surface area contributed by atoms with Gasteiger partial charge in [-0.1, -0.05) is 60.7 Å². The number of amides is 1. The minimum Gasteiger partial charge on any atom is -0.465 e. The molecule has 0 aliphatic rings. The van der Waals surface area contributed by atoms with E-state index in [9.17, 15) is 14.4 Å². The minimum atomic E-state index is -0.826. The van der Waals surface area contributed by atoms with Crippen LogP contribution in [0.25, 0.3) is 0 Å². The maximum atomic E-state index is 13.3. The van der Waals surface area contributed by atoms with Crippen molar-refractivity contribution in [1.82, 2.24) is 10.4 Å². The minimum absolute atomic E-state index is 0.0947. The van der Waals surface area contributed by atoms with Gasteiger partial charge in [0.2, 0.25) is 0 Å². The fraction of sp³-hybridized carbons (Fsp3) is 0.464. The lowest BCUT2D eigenvalue weighted by Crippen LogP contribution is -2.52. The summed E-state index contributed by atoms with van der Waals surface area (Å²) in [6, 6.07) is 17.6. The predicted molar refractivity (Wildman–Crippen MR) is 137 cm³/mol. The highest BCUT2D eigenvalue weighted by Crippen LogP contribution is 2.12. The standard InChI is InChI=1S/C28H38N2O6/c1-6-34-27(33)24(18-17-22-13-9-7-10-14-22)29-21(2)26(32)30(19-25(31)36-28(3,4)5)35-20-23-15-11-8-12-16-23/h7-16,21,24,29H,6,17-20H2,1-5H3/t21-,24-/m0/s1. The molecule has 0 unspecified atom stereocenters. The third kappa shape index (κ3) is 10.6. The number of aryl methyl sites for hydroxylation is 1. The molecule has 0 fully saturated rings. The molecule has 0 aliphatic heterocycles. The Labute approximate surface area is 213 Å². The highest BCUT2D eigenvalue weighted by Gasteiger charge is 2.30. The van der Waals surface area contributed by atoms with Crippen LogP contribution in [0, 0.1) is 0 Å². The van der Waals surface area contributed by atoms with Gasteiger partial charge in [0.05, 0.1) is 12.6 Å². The van der Waals surface area contributed by atoms with E-state index >= 15 is 0 Å². The zero-order chi connectivity index (χ0) is 26.6. The van der Waals surface area contributed by atoms with Gasteiger partial charge in [-0.15, -0.1) is 0 Å². The summed E-state index contributed by atoms with van der Waals surface area (Å²) in [7, 11) is 0. The Morgan fingerprint density at radius 3 is 2.08 bits per heavy atom. The second-order valence-corrected chi connectivity index (χ2v) is 9.44. The lowest BCUT2D eigenvalue weighted by atomic mass is 10.0. The molecule has 2 aromatic rings. The molecule has 0 heterocycles. The van der Waals surface area contributed by atoms with Crippen molar-refractivity contribution in [2.24, 2.45) is 0 Å². The van der Waals surface area contributed by atoms with E-state index in [1.54, 1.807) is 34.6 Å². The molecule has 1 amide bonds. The maximum Gasteiger partial charge on any atom is 0.328 e. The SMILES string of the molecule is CCOC(=O)[C@H](CCc1ccccc1)N[C@@H](C)C(=O)N(CC(=O)OC(C)(C)C)OCc1ccccc1. The van der Waals surface area contributed by atoms with E-state index in [1.165, 1.54) is 0 Å². The zero-order valence-corrected chi connectivity index (χ0v) is 21.9. The lowest BCUT2D eigenvalue weighted by Gasteiger charge is -2.28. The van der Waals surface area contributed by atoms with Gasteiger partial charge in [0.25, 0.3) is 5.91 Å². The first-order valence-electron chi connectivity index (χ1n) is 12.3. The molecule has 8 nitrogen and oxygen atoms in total. The van der Waals surface area contributed by atoms with Crippen LogP contribution in [0.15, 0.2) is 60.7 Å². The molecule has 0 spiro atoms. The number of ether oxygens (including phenoxy) is 2.